The van der Waals surface area contributed by atoms with Gasteiger partial charge in [-0.25, -0.2) is 0 Å². The fourth-order valence-corrected chi connectivity index (χ4v) is 1.49. The summed E-state index contributed by atoms with van der Waals surface area (Å²) in [6.45, 7) is 2.30. The Kier molecular flexibility index (Phi) is 7.86. The first-order valence-corrected chi connectivity index (χ1v) is 5.53. The number of aryl methyl sites for hydroxylation is 1. The van der Waals surface area contributed by atoms with Gasteiger partial charge in [0.1, 0.15) is 0 Å². The van der Waals surface area contributed by atoms with E-state index in [-0.39, 0.29) is 57.9 Å². The van der Waals surface area contributed by atoms with Gasteiger partial charge in [-0.2, -0.15) is 0 Å². The quantitative estimate of drug-likeness (QED) is 0.721. The molecule has 1 aromatic rings. The first-order valence-electron chi connectivity index (χ1n) is 5.53. The first kappa shape index (κ1) is 18.3. The van der Waals surface area contributed by atoms with Crippen LogP contribution in [-0.4, -0.2) is 20.1 Å². The molecule has 18 heavy (non-hydrogen) atoms. The zero-order chi connectivity index (χ0) is 13.1. The standard InChI is InChI=1S/C12H16BF3N.K/c1-4-17(9-11(3)13(14,15)16)12-7-5-10(2)6-8-12;/h5-8H,3-4,9H2,1-2H3;/q-1;+1. The maximum absolute atomic E-state index is 12.5. The van der Waals surface area contributed by atoms with Crippen LogP contribution in [0.2, 0.25) is 0 Å². The van der Waals surface area contributed by atoms with Crippen LogP contribution in [0.3, 0.4) is 0 Å². The number of hydrogen-bond acceptors (Lipinski definition) is 1. The third-order valence-electron chi connectivity index (χ3n) is 2.64. The molecule has 0 aliphatic carbocycles. The van der Waals surface area contributed by atoms with Crippen LogP contribution in [0.1, 0.15) is 12.5 Å². The molecule has 1 aromatic carbocycles. The molecule has 0 aliphatic heterocycles. The molecule has 0 fully saturated rings. The molecule has 0 aromatic heterocycles. The molecule has 0 heterocycles. The van der Waals surface area contributed by atoms with Gasteiger partial charge < -0.3 is 17.8 Å². The summed E-state index contributed by atoms with van der Waals surface area (Å²) >= 11 is 0. The minimum atomic E-state index is -4.95. The van der Waals surface area contributed by atoms with Crippen molar-refractivity contribution in [1.29, 1.82) is 0 Å². The molecule has 1 nitrogen and oxygen atoms in total. The Bertz CT molecular complexity index is 389. The molecule has 0 N–H and O–H groups in total. The summed E-state index contributed by atoms with van der Waals surface area (Å²) < 4.78 is 37.4. The Morgan fingerprint density at radius 2 is 1.72 bits per heavy atom. The first-order chi connectivity index (χ1) is 7.84. The summed E-state index contributed by atoms with van der Waals surface area (Å²) in [6, 6.07) is 7.43. The number of benzene rings is 1. The molecular weight excluding hydrogens is 265 g/mol. The summed E-state index contributed by atoms with van der Waals surface area (Å²) in [7, 11) is 0. The average molecular weight is 281 g/mol. The topological polar surface area (TPSA) is 3.24 Å². The summed E-state index contributed by atoms with van der Waals surface area (Å²) in [5, 5.41) is 0. The van der Waals surface area contributed by atoms with E-state index in [0.29, 0.717) is 6.54 Å². The van der Waals surface area contributed by atoms with Crippen LogP contribution in [0.4, 0.5) is 18.6 Å². The minimum Gasteiger partial charge on any atom is -0.445 e. The molecule has 0 unspecified atom stereocenters. The molecule has 94 valence electrons. The Balaban J connectivity index is 0.00000289. The van der Waals surface area contributed by atoms with E-state index in [4.69, 9.17) is 0 Å². The second kappa shape index (κ2) is 7.75. The maximum atomic E-state index is 12.5. The number of nitrogens with zero attached hydrogens (tertiary/aromatic N) is 1. The molecule has 0 aliphatic rings. The van der Waals surface area contributed by atoms with Gasteiger partial charge >= 0.3 is 58.4 Å². The van der Waals surface area contributed by atoms with Crippen LogP contribution in [0, 0.1) is 6.92 Å². The Morgan fingerprint density at radius 1 is 1.22 bits per heavy atom. The van der Waals surface area contributed by atoms with Gasteiger partial charge in [-0.1, -0.05) is 17.7 Å². The van der Waals surface area contributed by atoms with Crippen molar-refractivity contribution in [2.24, 2.45) is 0 Å². The number of anilines is 1. The van der Waals surface area contributed by atoms with Gasteiger partial charge in [0.25, 0.3) is 0 Å². The van der Waals surface area contributed by atoms with Gasteiger partial charge in [0.2, 0.25) is 0 Å². The molecule has 6 heteroatoms. The molecule has 0 spiro atoms. The zero-order valence-corrected chi connectivity index (χ0v) is 14.2. The van der Waals surface area contributed by atoms with Crippen LogP contribution in [0.25, 0.3) is 0 Å². The van der Waals surface area contributed by atoms with Gasteiger partial charge in [-0.05, 0) is 26.0 Å². The van der Waals surface area contributed by atoms with Crippen LogP contribution in [0.5, 0.6) is 0 Å². The van der Waals surface area contributed by atoms with Gasteiger partial charge in [0.15, 0.2) is 0 Å². The molecule has 0 radical (unpaired) electrons. The molecule has 0 bridgehead atoms. The predicted molar refractivity (Wildman–Crippen MR) is 67.3 cm³/mol. The largest absolute Gasteiger partial charge is 1.00 e. The summed E-state index contributed by atoms with van der Waals surface area (Å²) in [4.78, 5) is 1.66. The number of halogens is 3. The van der Waals surface area contributed by atoms with E-state index in [2.05, 4.69) is 6.58 Å². The van der Waals surface area contributed by atoms with Gasteiger partial charge in [0.05, 0.1) is 0 Å². The van der Waals surface area contributed by atoms with Crippen molar-refractivity contribution in [2.45, 2.75) is 13.8 Å². The summed E-state index contributed by atoms with van der Waals surface area (Å²) in [5.74, 6) is 0. The van der Waals surface area contributed by atoms with Crippen molar-refractivity contribution in [3.05, 3.63) is 41.9 Å². The van der Waals surface area contributed by atoms with E-state index in [1.807, 2.05) is 38.1 Å². The van der Waals surface area contributed by atoms with Crippen molar-refractivity contribution < 1.29 is 64.3 Å². The van der Waals surface area contributed by atoms with Crippen molar-refractivity contribution in [3.8, 4) is 0 Å². The summed E-state index contributed by atoms with van der Waals surface area (Å²) in [6.07, 6.45) is 0. The molecular formula is C12H16BF3KN. The average Bonchev–Trinajstić information content (AvgIpc) is 2.25. The van der Waals surface area contributed by atoms with Crippen molar-refractivity contribution in [3.63, 3.8) is 0 Å². The van der Waals surface area contributed by atoms with Crippen LogP contribution >= 0.6 is 0 Å². The van der Waals surface area contributed by atoms with E-state index in [1.165, 1.54) is 0 Å². The van der Waals surface area contributed by atoms with E-state index < -0.39 is 12.4 Å². The van der Waals surface area contributed by atoms with E-state index >= 15 is 0 Å². The fraction of sp³-hybridized carbons (Fsp3) is 0.333. The number of likely N-dealkylation sites (N-methyl/N-ethyl adjacent to an activating group) is 1. The summed E-state index contributed by atoms with van der Waals surface area (Å²) in [5.41, 5.74) is 1.22. The van der Waals surface area contributed by atoms with Crippen molar-refractivity contribution >= 4 is 12.7 Å². The monoisotopic (exact) mass is 281 g/mol. The number of hydrogen-bond donors (Lipinski definition) is 0. The Labute approximate surface area is 149 Å². The van der Waals surface area contributed by atoms with Gasteiger partial charge in [0, 0.05) is 18.8 Å². The maximum Gasteiger partial charge on any atom is 1.00 e. The molecule has 0 amide bonds. The molecule has 0 saturated heterocycles. The Morgan fingerprint density at radius 3 is 2.11 bits per heavy atom. The van der Waals surface area contributed by atoms with Gasteiger partial charge in [-0.3, -0.25) is 0 Å². The molecule has 0 atom stereocenters. The minimum absolute atomic E-state index is 0. The second-order valence-corrected chi connectivity index (χ2v) is 4.08. The van der Waals surface area contributed by atoms with E-state index in [0.717, 1.165) is 11.3 Å². The van der Waals surface area contributed by atoms with Crippen LogP contribution < -0.4 is 56.3 Å². The van der Waals surface area contributed by atoms with Crippen molar-refractivity contribution in [2.75, 3.05) is 18.0 Å². The third kappa shape index (κ3) is 5.49. The van der Waals surface area contributed by atoms with Gasteiger partial charge in [-0.15, -0.1) is 12.1 Å². The smallest absolute Gasteiger partial charge is 0.445 e. The fourth-order valence-electron chi connectivity index (χ4n) is 1.49. The second-order valence-electron chi connectivity index (χ2n) is 4.08. The Hall–Kier alpha value is 0.251. The number of rotatable bonds is 5. The molecule has 1 rings (SSSR count). The zero-order valence-electron chi connectivity index (χ0n) is 11.1. The third-order valence-corrected chi connectivity index (χ3v) is 2.64. The van der Waals surface area contributed by atoms with E-state index in [1.54, 1.807) is 4.90 Å². The SMILES string of the molecule is C=C(CN(CC)c1ccc(C)cc1)[B-](F)(F)F.[K+]. The van der Waals surface area contributed by atoms with Crippen LogP contribution in [-0.2, 0) is 0 Å². The molecule has 0 saturated carbocycles. The van der Waals surface area contributed by atoms with Crippen LogP contribution in [0.15, 0.2) is 36.3 Å². The van der Waals surface area contributed by atoms with E-state index in [9.17, 15) is 12.9 Å². The predicted octanol–water partition coefficient (Wildman–Crippen LogP) is 0.768. The normalized spacial score (nSPS) is 10.7. The van der Waals surface area contributed by atoms with Crippen molar-refractivity contribution in [1.82, 2.24) is 0 Å².